The number of hydrogen-bond acceptors (Lipinski definition) is 6. The molecule has 7 heteroatoms. The Labute approximate surface area is 154 Å². The second-order valence-electron chi connectivity index (χ2n) is 6.22. The van der Waals surface area contributed by atoms with Crippen molar-refractivity contribution in [1.29, 1.82) is 0 Å². The van der Waals surface area contributed by atoms with Gasteiger partial charge in [-0.3, -0.25) is 4.79 Å². The summed E-state index contributed by atoms with van der Waals surface area (Å²) in [6.07, 6.45) is 6.00. The van der Waals surface area contributed by atoms with Gasteiger partial charge in [0.2, 0.25) is 0 Å². The van der Waals surface area contributed by atoms with Crippen LogP contribution in [0.2, 0.25) is 0 Å². The van der Waals surface area contributed by atoms with Gasteiger partial charge in [0.1, 0.15) is 18.1 Å². The van der Waals surface area contributed by atoms with E-state index in [1.165, 1.54) is 0 Å². The molecule has 0 radical (unpaired) electrons. The molecule has 2 heterocycles. The third-order valence-corrected chi connectivity index (χ3v) is 3.93. The second kappa shape index (κ2) is 9.70. The highest BCUT2D eigenvalue weighted by Crippen LogP contribution is 2.24. The van der Waals surface area contributed by atoms with Gasteiger partial charge in [0.05, 0.1) is 11.9 Å². The molecule has 0 aliphatic rings. The van der Waals surface area contributed by atoms with Crippen LogP contribution in [-0.2, 0) is 6.61 Å². The Kier molecular flexibility index (Phi) is 7.32. The monoisotopic (exact) mass is 357 g/mol. The molecule has 26 heavy (non-hydrogen) atoms. The van der Waals surface area contributed by atoms with Gasteiger partial charge in [-0.1, -0.05) is 32.8 Å². The highest BCUT2D eigenvalue weighted by Gasteiger charge is 2.13. The quantitative estimate of drug-likeness (QED) is 0.676. The molecule has 0 aliphatic heterocycles. The van der Waals surface area contributed by atoms with Gasteiger partial charge in [0.15, 0.2) is 11.6 Å². The predicted molar refractivity (Wildman–Crippen MR) is 101 cm³/mol. The van der Waals surface area contributed by atoms with Gasteiger partial charge in [-0.15, -0.1) is 0 Å². The van der Waals surface area contributed by atoms with Gasteiger partial charge in [-0.05, 0) is 31.9 Å². The van der Waals surface area contributed by atoms with E-state index in [1.54, 1.807) is 24.4 Å². The number of aromatic nitrogens is 3. The third-order valence-electron chi connectivity index (χ3n) is 3.93. The average molecular weight is 357 g/mol. The molecule has 0 unspecified atom stereocenters. The molecular formula is C19H27N5O2. The van der Waals surface area contributed by atoms with Crippen LogP contribution in [0.4, 0.5) is 5.82 Å². The molecule has 0 aliphatic carbocycles. The third kappa shape index (κ3) is 5.68. The van der Waals surface area contributed by atoms with Gasteiger partial charge in [-0.25, -0.2) is 15.0 Å². The lowest BCUT2D eigenvalue weighted by Crippen LogP contribution is -2.21. The Morgan fingerprint density at radius 3 is 2.62 bits per heavy atom. The lowest BCUT2D eigenvalue weighted by atomic mass is 10.1. The molecule has 2 rings (SSSR count). The summed E-state index contributed by atoms with van der Waals surface area (Å²) < 4.78 is 5.87. The molecule has 0 spiro atoms. The van der Waals surface area contributed by atoms with E-state index in [2.05, 4.69) is 34.1 Å². The minimum absolute atomic E-state index is 0.203. The van der Waals surface area contributed by atoms with Crippen LogP contribution < -0.4 is 15.8 Å². The zero-order valence-electron chi connectivity index (χ0n) is 15.7. The lowest BCUT2D eigenvalue weighted by molar-refractivity contribution is 0.0995. The highest BCUT2D eigenvalue weighted by atomic mass is 16.5. The number of pyridine rings is 1. The van der Waals surface area contributed by atoms with Gasteiger partial charge >= 0.3 is 0 Å². The van der Waals surface area contributed by atoms with Crippen molar-refractivity contribution in [3.05, 3.63) is 41.6 Å². The van der Waals surface area contributed by atoms with Crippen molar-refractivity contribution in [2.45, 2.75) is 59.1 Å². The molecular weight excluding hydrogens is 330 g/mol. The molecule has 0 aromatic carbocycles. The van der Waals surface area contributed by atoms with Crippen molar-refractivity contribution in [2.75, 3.05) is 5.32 Å². The molecule has 2 aromatic heterocycles. The number of ether oxygens (including phenoxy) is 1. The van der Waals surface area contributed by atoms with E-state index < -0.39 is 5.91 Å². The van der Waals surface area contributed by atoms with E-state index in [4.69, 9.17) is 10.5 Å². The molecule has 1 amide bonds. The number of carbonyl (C=O) groups excluding carboxylic acids is 1. The van der Waals surface area contributed by atoms with Crippen LogP contribution in [0.25, 0.3) is 0 Å². The molecule has 0 saturated heterocycles. The van der Waals surface area contributed by atoms with Crippen molar-refractivity contribution < 1.29 is 9.53 Å². The maximum atomic E-state index is 11.3. The Bertz CT molecular complexity index is 730. The summed E-state index contributed by atoms with van der Waals surface area (Å²) in [7, 11) is 0. The van der Waals surface area contributed by atoms with Crippen LogP contribution in [-0.4, -0.2) is 26.9 Å². The smallest absolute Gasteiger partial charge is 0.267 e. The largest absolute Gasteiger partial charge is 0.482 e. The number of primary amides is 1. The minimum Gasteiger partial charge on any atom is -0.482 e. The number of hydrogen-bond donors (Lipinski definition) is 2. The van der Waals surface area contributed by atoms with Crippen LogP contribution in [0.1, 0.15) is 61.5 Å². The SMILES string of the molecule is CCCC(CCC)Nc1nc(C)ncc1OCc1cccc(C(N)=O)n1. The second-order valence-corrected chi connectivity index (χ2v) is 6.22. The number of nitrogens with two attached hydrogens (primary N) is 1. The van der Waals surface area contributed by atoms with Crippen molar-refractivity contribution in [2.24, 2.45) is 5.73 Å². The number of carbonyl (C=O) groups is 1. The fourth-order valence-corrected chi connectivity index (χ4v) is 2.70. The molecule has 0 atom stereocenters. The summed E-state index contributed by atoms with van der Waals surface area (Å²) in [5.41, 5.74) is 6.11. The van der Waals surface area contributed by atoms with Crippen molar-refractivity contribution in [3.8, 4) is 5.75 Å². The molecule has 7 nitrogen and oxygen atoms in total. The number of amides is 1. The zero-order valence-corrected chi connectivity index (χ0v) is 15.7. The highest BCUT2D eigenvalue weighted by molar-refractivity contribution is 5.90. The van der Waals surface area contributed by atoms with Crippen LogP contribution in [0.15, 0.2) is 24.4 Å². The number of aryl methyl sites for hydroxylation is 1. The van der Waals surface area contributed by atoms with Crippen molar-refractivity contribution >= 4 is 11.7 Å². The Hall–Kier alpha value is -2.70. The van der Waals surface area contributed by atoms with Crippen molar-refractivity contribution in [3.63, 3.8) is 0 Å². The molecule has 0 fully saturated rings. The van der Waals surface area contributed by atoms with Crippen LogP contribution in [0, 0.1) is 6.92 Å². The normalized spacial score (nSPS) is 10.8. The van der Waals surface area contributed by atoms with Gasteiger partial charge < -0.3 is 15.8 Å². The number of rotatable bonds is 10. The van der Waals surface area contributed by atoms with Crippen molar-refractivity contribution in [1.82, 2.24) is 15.0 Å². The maximum Gasteiger partial charge on any atom is 0.267 e. The van der Waals surface area contributed by atoms with Crippen LogP contribution in [0.3, 0.4) is 0 Å². The topological polar surface area (TPSA) is 103 Å². The molecule has 140 valence electrons. The Morgan fingerprint density at radius 2 is 1.96 bits per heavy atom. The number of anilines is 1. The van der Waals surface area contributed by atoms with Gasteiger partial charge in [-0.2, -0.15) is 0 Å². The predicted octanol–water partition coefficient (Wildman–Crippen LogP) is 3.24. The van der Waals surface area contributed by atoms with E-state index in [0.717, 1.165) is 25.7 Å². The fraction of sp³-hybridized carbons (Fsp3) is 0.474. The van der Waals surface area contributed by atoms with Gasteiger partial charge in [0.25, 0.3) is 5.91 Å². The summed E-state index contributed by atoms with van der Waals surface area (Å²) >= 11 is 0. The maximum absolute atomic E-state index is 11.3. The first-order valence-corrected chi connectivity index (χ1v) is 9.02. The summed E-state index contributed by atoms with van der Waals surface area (Å²) in [4.78, 5) is 24.2. The minimum atomic E-state index is -0.560. The molecule has 0 saturated carbocycles. The number of nitrogens with one attached hydrogen (secondary N) is 1. The van der Waals surface area contributed by atoms with Crippen LogP contribution >= 0.6 is 0 Å². The van der Waals surface area contributed by atoms with E-state index in [1.807, 2.05) is 6.92 Å². The zero-order chi connectivity index (χ0) is 18.9. The molecule has 0 bridgehead atoms. The summed E-state index contributed by atoms with van der Waals surface area (Å²) in [5, 5.41) is 3.49. The summed E-state index contributed by atoms with van der Waals surface area (Å²) in [6.45, 7) is 6.39. The van der Waals surface area contributed by atoms with Gasteiger partial charge in [0, 0.05) is 6.04 Å². The summed E-state index contributed by atoms with van der Waals surface area (Å²) in [5.74, 6) is 1.38. The molecule has 3 N–H and O–H groups in total. The first kappa shape index (κ1) is 19.6. The lowest BCUT2D eigenvalue weighted by Gasteiger charge is -2.20. The Balaban J connectivity index is 2.13. The summed E-state index contributed by atoms with van der Waals surface area (Å²) in [6, 6.07) is 5.44. The first-order chi connectivity index (χ1) is 12.5. The fourth-order valence-electron chi connectivity index (χ4n) is 2.70. The Morgan fingerprint density at radius 1 is 1.23 bits per heavy atom. The molecule has 2 aromatic rings. The van der Waals surface area contributed by atoms with E-state index in [9.17, 15) is 4.79 Å². The van der Waals surface area contributed by atoms with E-state index in [-0.39, 0.29) is 12.3 Å². The number of nitrogens with zero attached hydrogens (tertiary/aromatic N) is 3. The first-order valence-electron chi connectivity index (χ1n) is 9.02. The van der Waals surface area contributed by atoms with Crippen LogP contribution in [0.5, 0.6) is 5.75 Å². The average Bonchev–Trinajstić information content (AvgIpc) is 2.62. The van der Waals surface area contributed by atoms with E-state index >= 15 is 0 Å². The standard InChI is InChI=1S/C19H27N5O2/c1-4-7-14(8-5-2)24-19-17(11-21-13(3)22-19)26-12-15-9-6-10-16(23-15)18(20)25/h6,9-11,14H,4-5,7-8,12H2,1-3H3,(H2,20,25)(H,21,22,24). The van der Waals surface area contributed by atoms with E-state index in [0.29, 0.717) is 29.1 Å².